The number of benzene rings is 1. The first-order valence-corrected chi connectivity index (χ1v) is 7.44. The van der Waals surface area contributed by atoms with Crippen LogP contribution in [-0.2, 0) is 4.74 Å². The zero-order valence-electron chi connectivity index (χ0n) is 10.0. The van der Waals surface area contributed by atoms with E-state index in [2.05, 4.69) is 0 Å². The van der Waals surface area contributed by atoms with Gasteiger partial charge in [0.1, 0.15) is 0 Å². The summed E-state index contributed by atoms with van der Waals surface area (Å²) in [5.41, 5.74) is 1.00. The molecule has 1 fully saturated rings. The van der Waals surface area contributed by atoms with Gasteiger partial charge in [-0.25, -0.2) is 0 Å². The maximum absolute atomic E-state index is 9.99. The highest BCUT2D eigenvalue weighted by atomic mass is 32.2. The van der Waals surface area contributed by atoms with Gasteiger partial charge in [0.25, 0.3) is 0 Å². The first-order chi connectivity index (χ1) is 8.36. The second-order valence-electron chi connectivity index (χ2n) is 4.45. The summed E-state index contributed by atoms with van der Waals surface area (Å²) in [5, 5.41) is 9.99. The van der Waals surface area contributed by atoms with Crippen LogP contribution in [0.2, 0.25) is 0 Å². The molecule has 3 heteroatoms. The zero-order chi connectivity index (χ0) is 11.9. The number of thioether (sulfide) groups is 1. The fourth-order valence-electron chi connectivity index (χ4n) is 2.02. The fourth-order valence-corrected chi connectivity index (χ4v) is 3.10. The third-order valence-corrected chi connectivity index (χ3v) is 4.20. The van der Waals surface area contributed by atoms with Crippen molar-refractivity contribution in [2.45, 2.75) is 31.5 Å². The number of hydrogen-bond acceptors (Lipinski definition) is 3. The minimum atomic E-state index is -0.357. The molecule has 1 aliphatic rings. The summed E-state index contributed by atoms with van der Waals surface area (Å²) in [6, 6.07) is 9.85. The average molecular weight is 252 g/mol. The van der Waals surface area contributed by atoms with Crippen molar-refractivity contribution >= 4 is 11.8 Å². The molecule has 1 heterocycles. The summed E-state index contributed by atoms with van der Waals surface area (Å²) in [5.74, 6) is 1.76. The number of aliphatic hydroxyl groups is 1. The van der Waals surface area contributed by atoms with E-state index in [-0.39, 0.29) is 6.10 Å². The van der Waals surface area contributed by atoms with Crippen molar-refractivity contribution in [2.24, 2.45) is 0 Å². The molecule has 2 unspecified atom stereocenters. The molecule has 0 aliphatic carbocycles. The molecule has 17 heavy (non-hydrogen) atoms. The molecule has 0 amide bonds. The van der Waals surface area contributed by atoms with Gasteiger partial charge in [-0.15, -0.1) is 0 Å². The predicted molar refractivity (Wildman–Crippen MR) is 72.3 cm³/mol. The second-order valence-corrected chi connectivity index (χ2v) is 5.53. The van der Waals surface area contributed by atoms with Gasteiger partial charge in [0.15, 0.2) is 0 Å². The van der Waals surface area contributed by atoms with Crippen LogP contribution in [0.4, 0.5) is 0 Å². The molecular weight excluding hydrogens is 232 g/mol. The smallest absolute Gasteiger partial charge is 0.0880 e. The molecule has 0 spiro atoms. The van der Waals surface area contributed by atoms with Crippen molar-refractivity contribution < 1.29 is 9.84 Å². The molecule has 2 atom stereocenters. The Morgan fingerprint density at radius 1 is 1.29 bits per heavy atom. The van der Waals surface area contributed by atoms with Gasteiger partial charge in [0.2, 0.25) is 0 Å². The number of ether oxygens (including phenoxy) is 1. The van der Waals surface area contributed by atoms with Gasteiger partial charge in [-0.3, -0.25) is 0 Å². The van der Waals surface area contributed by atoms with E-state index in [4.69, 9.17) is 4.74 Å². The molecule has 1 aliphatic heterocycles. The van der Waals surface area contributed by atoms with Crippen LogP contribution in [0.5, 0.6) is 0 Å². The zero-order valence-corrected chi connectivity index (χ0v) is 10.9. The Bertz CT molecular complexity index is 309. The molecule has 1 N–H and O–H groups in total. The van der Waals surface area contributed by atoms with E-state index in [1.807, 2.05) is 30.3 Å². The minimum Gasteiger partial charge on any atom is -0.388 e. The third kappa shape index (κ3) is 4.34. The highest BCUT2D eigenvalue weighted by molar-refractivity contribution is 7.99. The summed E-state index contributed by atoms with van der Waals surface area (Å²) >= 11 is 1.79. The Hall–Kier alpha value is -0.510. The Kier molecular flexibility index (Phi) is 5.36. The number of hydrogen-bond donors (Lipinski definition) is 1. The van der Waals surface area contributed by atoms with E-state index in [0.29, 0.717) is 6.10 Å². The van der Waals surface area contributed by atoms with Crippen molar-refractivity contribution in [1.29, 1.82) is 0 Å². The normalized spacial score (nSPS) is 22.3. The highest BCUT2D eigenvalue weighted by Gasteiger charge is 2.14. The number of aliphatic hydroxyl groups excluding tert-OH is 1. The van der Waals surface area contributed by atoms with Crippen LogP contribution in [0.3, 0.4) is 0 Å². The largest absolute Gasteiger partial charge is 0.388 e. The van der Waals surface area contributed by atoms with Crippen molar-refractivity contribution in [3.05, 3.63) is 35.9 Å². The van der Waals surface area contributed by atoms with Crippen molar-refractivity contribution in [1.82, 2.24) is 0 Å². The molecule has 94 valence electrons. The summed E-state index contributed by atoms with van der Waals surface area (Å²) in [6.07, 6.45) is 3.70. The molecule has 2 nitrogen and oxygen atoms in total. The van der Waals surface area contributed by atoms with Gasteiger partial charge >= 0.3 is 0 Å². The van der Waals surface area contributed by atoms with Gasteiger partial charge in [-0.1, -0.05) is 30.3 Å². The molecule has 0 saturated carbocycles. The van der Waals surface area contributed by atoms with E-state index in [0.717, 1.165) is 23.7 Å². The monoisotopic (exact) mass is 252 g/mol. The molecule has 0 bridgehead atoms. The van der Waals surface area contributed by atoms with Gasteiger partial charge < -0.3 is 9.84 Å². The van der Waals surface area contributed by atoms with Gasteiger partial charge in [-0.05, 0) is 24.8 Å². The first kappa shape index (κ1) is 12.9. The summed E-state index contributed by atoms with van der Waals surface area (Å²) in [7, 11) is 0. The summed E-state index contributed by atoms with van der Waals surface area (Å²) in [6.45, 7) is 0.909. The van der Waals surface area contributed by atoms with Crippen LogP contribution >= 0.6 is 11.8 Å². The SMILES string of the molecule is OC(CSCC1CCCCO1)c1ccccc1. The summed E-state index contributed by atoms with van der Waals surface area (Å²) < 4.78 is 5.66. The lowest BCUT2D eigenvalue weighted by molar-refractivity contribution is 0.0315. The Morgan fingerprint density at radius 3 is 2.82 bits per heavy atom. The average Bonchev–Trinajstić information content (AvgIpc) is 2.41. The van der Waals surface area contributed by atoms with Crippen LogP contribution < -0.4 is 0 Å². The predicted octanol–water partition coefficient (Wildman–Crippen LogP) is 3.02. The topological polar surface area (TPSA) is 29.5 Å². The molecular formula is C14H20O2S. The fraction of sp³-hybridized carbons (Fsp3) is 0.571. The van der Waals surface area contributed by atoms with Crippen LogP contribution in [-0.4, -0.2) is 29.3 Å². The van der Waals surface area contributed by atoms with Gasteiger partial charge in [0, 0.05) is 18.1 Å². The summed E-state index contributed by atoms with van der Waals surface area (Å²) in [4.78, 5) is 0. The maximum atomic E-state index is 9.99. The van der Waals surface area contributed by atoms with Crippen LogP contribution in [0, 0.1) is 0 Å². The van der Waals surface area contributed by atoms with Crippen molar-refractivity contribution in [2.75, 3.05) is 18.1 Å². The molecule has 0 aromatic heterocycles. The van der Waals surface area contributed by atoms with E-state index in [9.17, 15) is 5.11 Å². The molecule has 0 radical (unpaired) electrons. The van der Waals surface area contributed by atoms with Crippen LogP contribution in [0.15, 0.2) is 30.3 Å². The van der Waals surface area contributed by atoms with Crippen LogP contribution in [0.25, 0.3) is 0 Å². The van der Waals surface area contributed by atoms with E-state index >= 15 is 0 Å². The Balaban J connectivity index is 1.67. The molecule has 2 rings (SSSR count). The van der Waals surface area contributed by atoms with E-state index < -0.39 is 0 Å². The third-order valence-electron chi connectivity index (χ3n) is 3.04. The van der Waals surface area contributed by atoms with Gasteiger partial charge in [0.05, 0.1) is 12.2 Å². The lowest BCUT2D eigenvalue weighted by Crippen LogP contribution is -2.21. The molecule has 1 aromatic rings. The lowest BCUT2D eigenvalue weighted by Gasteiger charge is -2.22. The second kappa shape index (κ2) is 7.04. The highest BCUT2D eigenvalue weighted by Crippen LogP contribution is 2.21. The maximum Gasteiger partial charge on any atom is 0.0880 e. The van der Waals surface area contributed by atoms with Crippen molar-refractivity contribution in [3.8, 4) is 0 Å². The van der Waals surface area contributed by atoms with Gasteiger partial charge in [-0.2, -0.15) is 11.8 Å². The molecule has 1 saturated heterocycles. The molecule has 1 aromatic carbocycles. The lowest BCUT2D eigenvalue weighted by atomic mass is 10.1. The van der Waals surface area contributed by atoms with Crippen LogP contribution in [0.1, 0.15) is 30.9 Å². The van der Waals surface area contributed by atoms with E-state index in [1.54, 1.807) is 11.8 Å². The van der Waals surface area contributed by atoms with Crippen molar-refractivity contribution in [3.63, 3.8) is 0 Å². The minimum absolute atomic E-state index is 0.357. The number of rotatable bonds is 5. The quantitative estimate of drug-likeness (QED) is 0.873. The Labute approximate surface area is 107 Å². The standard InChI is InChI=1S/C14H20O2S/c15-14(12-6-2-1-3-7-12)11-17-10-13-8-4-5-9-16-13/h1-3,6-7,13-15H,4-5,8-11H2. The Morgan fingerprint density at radius 2 is 2.12 bits per heavy atom. The van der Waals surface area contributed by atoms with E-state index in [1.165, 1.54) is 19.3 Å². The first-order valence-electron chi connectivity index (χ1n) is 6.28.